The summed E-state index contributed by atoms with van der Waals surface area (Å²) in [4.78, 5) is 12.5. The van der Waals surface area contributed by atoms with E-state index in [9.17, 15) is 18.3 Å². The maximum absolute atomic E-state index is 13.2. The Hall–Kier alpha value is -2.22. The fourth-order valence-electron chi connectivity index (χ4n) is 5.27. The minimum absolute atomic E-state index is 0.167. The Labute approximate surface area is 164 Å². The number of carbonyl (C=O) groups is 1. The van der Waals surface area contributed by atoms with E-state index in [4.69, 9.17) is 0 Å². The first-order valence-electron chi connectivity index (χ1n) is 9.61. The van der Waals surface area contributed by atoms with E-state index < -0.39 is 16.1 Å². The molecule has 1 aliphatic heterocycles. The number of amides is 1. The lowest BCUT2D eigenvalue weighted by atomic mass is 9.88. The molecule has 1 heterocycles. The predicted octanol–water partition coefficient (Wildman–Crippen LogP) is 2.33. The number of hydrogen-bond acceptors (Lipinski definition) is 4. The normalized spacial score (nSPS) is 31.2. The lowest BCUT2D eigenvalue weighted by Gasteiger charge is -2.28. The molecule has 3 aliphatic rings. The molecule has 2 bridgehead atoms. The molecule has 0 aromatic heterocycles. The lowest BCUT2D eigenvalue weighted by molar-refractivity contribution is 0.0731. The third-order valence-corrected chi connectivity index (χ3v) is 8.44. The summed E-state index contributed by atoms with van der Waals surface area (Å²) in [5.41, 5.74) is 1.08. The highest BCUT2D eigenvalue weighted by atomic mass is 32.2. The fraction of sp³-hybridized carbons (Fsp3) is 0.381. The van der Waals surface area contributed by atoms with Crippen molar-refractivity contribution in [2.24, 2.45) is 17.8 Å². The molecular weight excluding hydrogens is 376 g/mol. The first-order valence-corrected chi connectivity index (χ1v) is 11.1. The van der Waals surface area contributed by atoms with Crippen LogP contribution in [0.2, 0.25) is 0 Å². The maximum Gasteiger partial charge on any atom is 0.255 e. The highest BCUT2D eigenvalue weighted by Gasteiger charge is 2.61. The van der Waals surface area contributed by atoms with Gasteiger partial charge < -0.3 is 10.4 Å². The lowest BCUT2D eigenvalue weighted by Crippen LogP contribution is -2.43. The van der Waals surface area contributed by atoms with E-state index in [-0.39, 0.29) is 28.7 Å². The van der Waals surface area contributed by atoms with Gasteiger partial charge in [0.1, 0.15) is 0 Å². The molecular formula is C21H22N2O4S. The van der Waals surface area contributed by atoms with Crippen molar-refractivity contribution in [3.05, 3.63) is 60.2 Å². The van der Waals surface area contributed by atoms with Crippen LogP contribution in [0.3, 0.4) is 0 Å². The number of hydrogen-bond donors (Lipinski definition) is 2. The minimum Gasteiger partial charge on any atom is -0.391 e. The Balaban J connectivity index is 1.36. The Morgan fingerprint density at radius 1 is 1.00 bits per heavy atom. The average Bonchev–Trinajstić information content (AvgIpc) is 3.32. The Morgan fingerprint density at radius 3 is 2.39 bits per heavy atom. The van der Waals surface area contributed by atoms with Crippen molar-refractivity contribution in [1.29, 1.82) is 0 Å². The van der Waals surface area contributed by atoms with Crippen LogP contribution < -0.4 is 5.32 Å². The number of rotatable bonds is 4. The Kier molecular flexibility index (Phi) is 4.08. The summed E-state index contributed by atoms with van der Waals surface area (Å²) in [6.07, 6.45) is 1.29. The van der Waals surface area contributed by atoms with Crippen molar-refractivity contribution in [3.8, 4) is 0 Å². The van der Waals surface area contributed by atoms with Crippen molar-refractivity contribution in [2.75, 3.05) is 11.9 Å². The summed E-state index contributed by atoms with van der Waals surface area (Å²) >= 11 is 0. The quantitative estimate of drug-likeness (QED) is 0.828. The molecule has 28 heavy (non-hydrogen) atoms. The molecule has 146 valence electrons. The second-order valence-corrected chi connectivity index (χ2v) is 9.95. The predicted molar refractivity (Wildman–Crippen MR) is 104 cm³/mol. The molecule has 0 unspecified atom stereocenters. The Morgan fingerprint density at radius 2 is 1.71 bits per heavy atom. The highest BCUT2D eigenvalue weighted by Crippen LogP contribution is 2.56. The number of para-hydroxylation sites is 1. The molecule has 2 aromatic rings. The first kappa shape index (κ1) is 17.8. The third kappa shape index (κ3) is 2.69. The van der Waals surface area contributed by atoms with Crippen molar-refractivity contribution in [2.45, 2.75) is 29.9 Å². The number of carbonyl (C=O) groups excluding carboxylic acids is 1. The summed E-state index contributed by atoms with van der Waals surface area (Å²) in [6.45, 7) is 0.488. The topological polar surface area (TPSA) is 86.7 Å². The summed E-state index contributed by atoms with van der Waals surface area (Å²) in [5, 5.41) is 13.3. The zero-order valence-electron chi connectivity index (χ0n) is 15.2. The number of benzene rings is 2. The fourth-order valence-corrected chi connectivity index (χ4v) is 7.01. The SMILES string of the molecule is O=C(Nc1ccccc1)c1ccc(S(=O)(=O)N2C[C@@H]3C[C@H]4C[C@H]3[C@H]2[C@H]4O)cc1. The zero-order chi connectivity index (χ0) is 19.5. The van der Waals surface area contributed by atoms with Crippen LogP contribution in [0.15, 0.2) is 59.5 Å². The summed E-state index contributed by atoms with van der Waals surface area (Å²) in [7, 11) is -3.69. The van der Waals surface area contributed by atoms with Crippen LogP contribution in [0.5, 0.6) is 0 Å². The molecule has 2 aliphatic carbocycles. The van der Waals surface area contributed by atoms with Crippen LogP contribution in [0, 0.1) is 17.8 Å². The van der Waals surface area contributed by atoms with E-state index in [0.717, 1.165) is 12.8 Å². The number of nitrogens with zero attached hydrogens (tertiary/aromatic N) is 1. The van der Waals surface area contributed by atoms with E-state index in [1.165, 1.54) is 28.6 Å². The molecule has 5 rings (SSSR count). The molecule has 0 radical (unpaired) electrons. The second kappa shape index (κ2) is 6.40. The van der Waals surface area contributed by atoms with Gasteiger partial charge in [0.2, 0.25) is 10.0 Å². The van der Waals surface area contributed by atoms with Gasteiger partial charge in [-0.2, -0.15) is 4.31 Å². The van der Waals surface area contributed by atoms with E-state index in [0.29, 0.717) is 23.7 Å². The van der Waals surface area contributed by atoms with E-state index in [2.05, 4.69) is 5.32 Å². The van der Waals surface area contributed by atoms with Crippen molar-refractivity contribution in [1.82, 2.24) is 4.31 Å². The monoisotopic (exact) mass is 398 g/mol. The van der Waals surface area contributed by atoms with Gasteiger partial charge in [-0.25, -0.2) is 8.42 Å². The number of anilines is 1. The van der Waals surface area contributed by atoms with Crippen LogP contribution in [-0.2, 0) is 10.0 Å². The third-order valence-electron chi connectivity index (χ3n) is 6.56. The van der Waals surface area contributed by atoms with Gasteiger partial charge >= 0.3 is 0 Å². The summed E-state index contributed by atoms with van der Waals surface area (Å²) in [6, 6.07) is 14.8. The van der Waals surface area contributed by atoms with E-state index in [1.54, 1.807) is 12.1 Å². The molecule has 1 saturated heterocycles. The minimum atomic E-state index is -3.69. The molecule has 5 atom stereocenters. The van der Waals surface area contributed by atoms with Crippen LogP contribution >= 0.6 is 0 Å². The highest BCUT2D eigenvalue weighted by molar-refractivity contribution is 7.89. The molecule has 2 aromatic carbocycles. The zero-order valence-corrected chi connectivity index (χ0v) is 16.0. The summed E-state index contributed by atoms with van der Waals surface area (Å²) in [5.74, 6) is 0.600. The smallest absolute Gasteiger partial charge is 0.255 e. The van der Waals surface area contributed by atoms with E-state index in [1.807, 2.05) is 18.2 Å². The van der Waals surface area contributed by atoms with Crippen LogP contribution in [0.4, 0.5) is 5.69 Å². The van der Waals surface area contributed by atoms with Gasteiger partial charge in [-0.1, -0.05) is 18.2 Å². The average molecular weight is 398 g/mol. The number of sulfonamides is 1. The molecule has 3 fully saturated rings. The van der Waals surface area contributed by atoms with Crippen molar-refractivity contribution >= 4 is 21.6 Å². The molecule has 0 spiro atoms. The van der Waals surface area contributed by atoms with Crippen molar-refractivity contribution in [3.63, 3.8) is 0 Å². The number of fused-ring (bicyclic) bond motifs is 1. The van der Waals surface area contributed by atoms with Gasteiger partial charge in [-0.3, -0.25) is 4.79 Å². The van der Waals surface area contributed by atoms with Crippen LogP contribution in [0.25, 0.3) is 0 Å². The Bertz CT molecular complexity index is 1000. The van der Waals surface area contributed by atoms with Gasteiger partial charge in [-0.05, 0) is 67.0 Å². The molecule has 6 nitrogen and oxygen atoms in total. The molecule has 2 N–H and O–H groups in total. The van der Waals surface area contributed by atoms with Gasteiger partial charge in [-0.15, -0.1) is 0 Å². The largest absolute Gasteiger partial charge is 0.391 e. The number of aliphatic hydroxyl groups is 1. The molecule has 2 saturated carbocycles. The maximum atomic E-state index is 13.2. The van der Waals surface area contributed by atoms with Gasteiger partial charge in [0.15, 0.2) is 0 Å². The molecule has 1 amide bonds. The van der Waals surface area contributed by atoms with Gasteiger partial charge in [0, 0.05) is 17.8 Å². The number of aliphatic hydroxyl groups excluding tert-OH is 1. The van der Waals surface area contributed by atoms with Crippen molar-refractivity contribution < 1.29 is 18.3 Å². The standard InChI is InChI=1S/C21H22N2O4S/c24-20-14-10-15-12-23(19(20)18(15)11-14)28(26,27)17-8-6-13(7-9-17)21(25)22-16-4-2-1-3-5-16/h1-9,14-15,18-20,24H,10-12H2,(H,22,25)/t14-,15-,18+,19-,20-/m0/s1. The van der Waals surface area contributed by atoms with Gasteiger partial charge in [0.05, 0.1) is 17.0 Å². The second-order valence-electron chi connectivity index (χ2n) is 8.06. The van der Waals surface area contributed by atoms with Crippen LogP contribution in [-0.4, -0.2) is 42.4 Å². The number of nitrogens with one attached hydrogen (secondary N) is 1. The van der Waals surface area contributed by atoms with Crippen LogP contribution in [0.1, 0.15) is 23.2 Å². The van der Waals surface area contributed by atoms with Gasteiger partial charge in [0.25, 0.3) is 5.91 Å². The summed E-state index contributed by atoms with van der Waals surface area (Å²) < 4.78 is 27.8. The molecule has 7 heteroatoms. The van der Waals surface area contributed by atoms with E-state index >= 15 is 0 Å². The first-order chi connectivity index (χ1) is 13.4.